The molecule has 0 spiro atoms. The zero-order chi connectivity index (χ0) is 25.7. The van der Waals surface area contributed by atoms with E-state index in [0.29, 0.717) is 50.6 Å². The van der Waals surface area contributed by atoms with Crippen molar-refractivity contribution >= 4 is 27.0 Å². The SMILES string of the molecule is C[C@@]1(O)CCC[C@H]1n1c(=O)c(OC(F)F)cc2cnc(NC3CCN(S(=O)(=O)C4CCC4)CC3)nc21. The lowest BCUT2D eigenvalue weighted by Crippen LogP contribution is -2.47. The van der Waals surface area contributed by atoms with Crippen LogP contribution in [-0.2, 0) is 10.0 Å². The van der Waals surface area contributed by atoms with E-state index in [1.807, 2.05) is 0 Å². The number of nitrogens with one attached hydrogen (secondary N) is 1. The number of hydrogen-bond acceptors (Lipinski definition) is 8. The minimum Gasteiger partial charge on any atom is -0.429 e. The van der Waals surface area contributed by atoms with Crippen LogP contribution in [0.2, 0.25) is 0 Å². The zero-order valence-electron chi connectivity index (χ0n) is 20.1. The third-order valence-electron chi connectivity index (χ3n) is 7.77. The van der Waals surface area contributed by atoms with E-state index >= 15 is 0 Å². The maximum Gasteiger partial charge on any atom is 0.387 e. The number of alkyl halides is 2. The van der Waals surface area contributed by atoms with Gasteiger partial charge < -0.3 is 15.2 Å². The molecule has 13 heteroatoms. The van der Waals surface area contributed by atoms with Crippen LogP contribution >= 0.6 is 0 Å². The molecule has 0 amide bonds. The number of aliphatic hydroxyl groups is 1. The van der Waals surface area contributed by atoms with Crippen LogP contribution in [0.1, 0.15) is 64.3 Å². The van der Waals surface area contributed by atoms with Crippen molar-refractivity contribution in [3.05, 3.63) is 22.6 Å². The quantitative estimate of drug-likeness (QED) is 0.563. The number of hydrogen-bond donors (Lipinski definition) is 2. The number of aromatic nitrogens is 3. The van der Waals surface area contributed by atoms with E-state index in [9.17, 15) is 27.1 Å². The van der Waals surface area contributed by atoms with Crippen LogP contribution in [0, 0.1) is 0 Å². The molecular weight excluding hydrogens is 496 g/mol. The number of rotatable bonds is 7. The van der Waals surface area contributed by atoms with Crippen molar-refractivity contribution in [2.75, 3.05) is 18.4 Å². The van der Waals surface area contributed by atoms with Crippen molar-refractivity contribution in [2.24, 2.45) is 0 Å². The van der Waals surface area contributed by atoms with Crippen molar-refractivity contribution in [3.8, 4) is 5.75 Å². The molecule has 198 valence electrons. The summed E-state index contributed by atoms with van der Waals surface area (Å²) < 4.78 is 58.6. The molecule has 1 aliphatic heterocycles. The monoisotopic (exact) mass is 527 g/mol. The number of halogens is 2. The molecule has 2 N–H and O–H groups in total. The Morgan fingerprint density at radius 2 is 1.92 bits per heavy atom. The van der Waals surface area contributed by atoms with Crippen LogP contribution in [0.4, 0.5) is 14.7 Å². The van der Waals surface area contributed by atoms with Crippen molar-refractivity contribution < 1.29 is 27.0 Å². The summed E-state index contributed by atoms with van der Waals surface area (Å²) in [7, 11) is -3.25. The van der Waals surface area contributed by atoms with E-state index in [4.69, 9.17) is 0 Å². The lowest BCUT2D eigenvalue weighted by atomic mass is 10.00. The molecule has 0 aromatic carbocycles. The minimum absolute atomic E-state index is 0.0634. The van der Waals surface area contributed by atoms with Crippen LogP contribution < -0.4 is 15.6 Å². The van der Waals surface area contributed by atoms with Gasteiger partial charge in [0.15, 0.2) is 5.75 Å². The average molecular weight is 528 g/mol. The number of anilines is 1. The molecule has 3 aliphatic rings. The highest BCUT2D eigenvalue weighted by Gasteiger charge is 2.40. The summed E-state index contributed by atoms with van der Waals surface area (Å²) in [6.07, 6.45) is 6.62. The van der Waals surface area contributed by atoms with Gasteiger partial charge in [0.2, 0.25) is 16.0 Å². The number of piperidine rings is 1. The van der Waals surface area contributed by atoms with Crippen LogP contribution in [0.5, 0.6) is 5.75 Å². The predicted octanol–water partition coefficient (Wildman–Crippen LogP) is 2.63. The Labute approximate surface area is 207 Å². The fourth-order valence-electron chi connectivity index (χ4n) is 5.49. The lowest BCUT2D eigenvalue weighted by Gasteiger charge is -2.36. The Morgan fingerprint density at radius 1 is 1.19 bits per heavy atom. The second-order valence-corrected chi connectivity index (χ2v) is 12.4. The summed E-state index contributed by atoms with van der Waals surface area (Å²) in [5.41, 5.74) is -1.78. The molecule has 10 nitrogen and oxygen atoms in total. The summed E-state index contributed by atoms with van der Waals surface area (Å²) in [5.74, 6) is -0.277. The zero-order valence-corrected chi connectivity index (χ0v) is 20.9. The van der Waals surface area contributed by atoms with Crippen molar-refractivity contribution in [1.82, 2.24) is 18.8 Å². The molecule has 0 unspecified atom stereocenters. The Balaban J connectivity index is 1.41. The number of pyridine rings is 1. The van der Waals surface area contributed by atoms with Gasteiger partial charge in [-0.15, -0.1) is 0 Å². The van der Waals surface area contributed by atoms with Crippen molar-refractivity contribution in [2.45, 2.75) is 87.8 Å². The van der Waals surface area contributed by atoms with Crippen molar-refractivity contribution in [1.29, 1.82) is 0 Å². The van der Waals surface area contributed by atoms with E-state index in [1.165, 1.54) is 16.8 Å². The Hall–Kier alpha value is -2.38. The number of sulfonamides is 1. The van der Waals surface area contributed by atoms with E-state index in [1.54, 1.807) is 11.2 Å². The molecule has 2 aliphatic carbocycles. The molecule has 5 rings (SSSR count). The molecule has 2 atom stereocenters. The first-order valence-corrected chi connectivity index (χ1v) is 13.9. The molecule has 1 saturated heterocycles. The van der Waals surface area contributed by atoms with Gasteiger partial charge in [-0.1, -0.05) is 6.42 Å². The van der Waals surface area contributed by atoms with Gasteiger partial charge in [0, 0.05) is 30.7 Å². The van der Waals surface area contributed by atoms with Gasteiger partial charge in [-0.05, 0) is 57.9 Å². The second kappa shape index (κ2) is 9.49. The second-order valence-electron chi connectivity index (χ2n) is 10.2. The summed E-state index contributed by atoms with van der Waals surface area (Å²) in [5, 5.41) is 14.2. The van der Waals surface area contributed by atoms with Crippen LogP contribution in [-0.4, -0.2) is 69.0 Å². The summed E-state index contributed by atoms with van der Waals surface area (Å²) in [6.45, 7) is -0.731. The third kappa shape index (κ3) is 4.68. The molecule has 2 aromatic rings. The van der Waals surface area contributed by atoms with Crippen LogP contribution in [0.15, 0.2) is 17.1 Å². The standard InChI is InChI=1S/C23H31F2N5O5S/c1-23(32)9-3-6-18(23)30-19-14(12-17(20(30)31)35-21(24)25)13-26-22(28-19)27-15-7-10-29(11-8-15)36(33,34)16-4-2-5-16/h12-13,15-16,18,21,32H,2-11H2,1H3,(H,26,27,28)/t18-,23-/m1/s1. The minimum atomic E-state index is -3.25. The molecule has 0 bridgehead atoms. The van der Waals surface area contributed by atoms with E-state index in [-0.39, 0.29) is 22.9 Å². The molecular formula is C23H31F2N5O5S. The summed E-state index contributed by atoms with van der Waals surface area (Å²) in [4.78, 5) is 22.0. The van der Waals surface area contributed by atoms with Gasteiger partial charge in [-0.3, -0.25) is 9.36 Å². The van der Waals surface area contributed by atoms with E-state index in [0.717, 1.165) is 19.3 Å². The maximum absolute atomic E-state index is 13.2. The number of fused-ring (bicyclic) bond motifs is 1. The first-order valence-electron chi connectivity index (χ1n) is 12.4. The topological polar surface area (TPSA) is 127 Å². The first kappa shape index (κ1) is 25.3. The largest absolute Gasteiger partial charge is 0.429 e. The van der Waals surface area contributed by atoms with Crippen molar-refractivity contribution in [3.63, 3.8) is 0 Å². The summed E-state index contributed by atoms with van der Waals surface area (Å²) >= 11 is 0. The van der Waals surface area contributed by atoms with Gasteiger partial charge in [0.25, 0.3) is 5.56 Å². The highest BCUT2D eigenvalue weighted by Crippen LogP contribution is 2.40. The lowest BCUT2D eigenvalue weighted by molar-refractivity contribution is -0.0513. The fourth-order valence-corrected chi connectivity index (χ4v) is 7.56. The van der Waals surface area contributed by atoms with Gasteiger partial charge in [-0.2, -0.15) is 13.8 Å². The molecule has 0 radical (unpaired) electrons. The number of nitrogens with zero attached hydrogens (tertiary/aromatic N) is 4. The first-order chi connectivity index (χ1) is 17.1. The van der Waals surface area contributed by atoms with Crippen LogP contribution in [0.25, 0.3) is 11.0 Å². The highest BCUT2D eigenvalue weighted by molar-refractivity contribution is 7.89. The molecule has 2 saturated carbocycles. The Morgan fingerprint density at radius 3 is 2.50 bits per heavy atom. The molecule has 36 heavy (non-hydrogen) atoms. The van der Waals surface area contributed by atoms with Gasteiger partial charge in [0.1, 0.15) is 5.65 Å². The Bertz CT molecular complexity index is 1290. The fraction of sp³-hybridized carbons (Fsp3) is 0.696. The van der Waals surface area contributed by atoms with Gasteiger partial charge in [0.05, 0.1) is 16.9 Å². The maximum atomic E-state index is 13.2. The Kier molecular flexibility index (Phi) is 6.66. The van der Waals surface area contributed by atoms with Gasteiger partial charge >= 0.3 is 6.61 Å². The molecule has 3 fully saturated rings. The van der Waals surface area contributed by atoms with E-state index in [2.05, 4.69) is 20.0 Å². The molecule has 2 aromatic heterocycles. The van der Waals surface area contributed by atoms with Crippen LogP contribution in [0.3, 0.4) is 0 Å². The van der Waals surface area contributed by atoms with Gasteiger partial charge in [-0.25, -0.2) is 17.7 Å². The molecule has 3 heterocycles. The predicted molar refractivity (Wildman–Crippen MR) is 129 cm³/mol. The smallest absolute Gasteiger partial charge is 0.387 e. The highest BCUT2D eigenvalue weighted by atomic mass is 32.2. The average Bonchev–Trinajstić information content (AvgIpc) is 3.12. The number of ether oxygens (including phenoxy) is 1. The third-order valence-corrected chi connectivity index (χ3v) is 10.2. The van der Waals surface area contributed by atoms with E-state index < -0.39 is 39.6 Å². The summed E-state index contributed by atoms with van der Waals surface area (Å²) in [6, 6.07) is 0.473. The normalized spacial score (nSPS) is 26.4.